The predicted molar refractivity (Wildman–Crippen MR) is 111 cm³/mol. The fraction of sp³-hybridized carbons (Fsp3) is 0.182. The van der Waals surface area contributed by atoms with Gasteiger partial charge in [0.05, 0.1) is 12.2 Å². The zero-order valence-electron chi connectivity index (χ0n) is 16.9. The summed E-state index contributed by atoms with van der Waals surface area (Å²) in [4.78, 5) is 8.78. The third-order valence-corrected chi connectivity index (χ3v) is 5.43. The highest BCUT2D eigenvalue weighted by molar-refractivity contribution is 5.74. The Labute approximate surface area is 177 Å². The lowest BCUT2D eigenvalue weighted by molar-refractivity contribution is 0.227. The molecule has 1 aliphatic rings. The van der Waals surface area contributed by atoms with Gasteiger partial charge in [0.15, 0.2) is 11.6 Å². The van der Waals surface area contributed by atoms with Crippen LogP contribution in [0.2, 0.25) is 0 Å². The van der Waals surface area contributed by atoms with Gasteiger partial charge < -0.3 is 15.0 Å². The summed E-state index contributed by atoms with van der Waals surface area (Å²) in [6.07, 6.45) is 4.58. The Balaban J connectivity index is 1.83. The number of rotatable bonds is 0. The summed E-state index contributed by atoms with van der Waals surface area (Å²) < 4.78 is 23.7. The normalized spacial score (nSPS) is 14.8. The highest BCUT2D eigenvalue weighted by Gasteiger charge is 2.24. The Morgan fingerprint density at radius 3 is 2.94 bits per heavy atom. The summed E-state index contributed by atoms with van der Waals surface area (Å²) in [6, 6.07) is 8.49. The number of nitrogens with zero attached hydrogens (tertiary/aromatic N) is 6. The van der Waals surface area contributed by atoms with Crippen molar-refractivity contribution in [1.82, 2.24) is 24.3 Å². The summed E-state index contributed by atoms with van der Waals surface area (Å²) in [6.45, 7) is 2.19. The maximum absolute atomic E-state index is 14.1. The number of ether oxygens (including phenoxy) is 1. The lowest BCUT2D eigenvalue weighted by atomic mass is 10.0. The van der Waals surface area contributed by atoms with Crippen molar-refractivity contribution in [2.45, 2.75) is 19.6 Å². The van der Waals surface area contributed by atoms with Crippen molar-refractivity contribution in [3.8, 4) is 34.3 Å². The lowest BCUT2D eigenvalue weighted by Crippen LogP contribution is -2.11. The highest BCUT2D eigenvalue weighted by atomic mass is 19.1. The summed E-state index contributed by atoms with van der Waals surface area (Å²) in [5, 5.41) is 14.3. The number of benzene rings is 1. The summed E-state index contributed by atoms with van der Waals surface area (Å²) in [7, 11) is 1.72. The Kier molecular flexibility index (Phi) is 4.22. The highest BCUT2D eigenvalue weighted by Crippen LogP contribution is 2.37. The van der Waals surface area contributed by atoms with E-state index in [0.717, 1.165) is 5.56 Å². The number of fused-ring (bicyclic) bond motifs is 7. The summed E-state index contributed by atoms with van der Waals surface area (Å²) >= 11 is 0. The van der Waals surface area contributed by atoms with Crippen LogP contribution >= 0.6 is 0 Å². The molecule has 1 unspecified atom stereocenters. The number of imidazole rings is 1. The van der Waals surface area contributed by atoms with Gasteiger partial charge in [-0.05, 0) is 31.2 Å². The molecule has 0 aliphatic carbocycles. The number of nitrogen functional groups attached to an aromatic ring is 1. The quantitative estimate of drug-likeness (QED) is 0.471. The van der Waals surface area contributed by atoms with Crippen molar-refractivity contribution in [2.75, 3.05) is 5.73 Å². The Hall–Kier alpha value is -4.19. The number of aryl methyl sites for hydroxylation is 1. The first-order valence-electron chi connectivity index (χ1n) is 9.65. The number of hydrogen-bond acceptors (Lipinski definition) is 6. The van der Waals surface area contributed by atoms with Crippen LogP contribution in [0.3, 0.4) is 0 Å². The van der Waals surface area contributed by atoms with E-state index in [1.807, 2.05) is 17.7 Å². The SMILES string of the molecule is CC1Oc2cc(cnc2N)-c2c(nn(C)c2C#N)Cn2ccnc2-c2ccc(F)cc21. The monoisotopic (exact) mass is 415 g/mol. The van der Waals surface area contributed by atoms with Crippen molar-refractivity contribution >= 4 is 5.82 Å². The van der Waals surface area contributed by atoms with Crippen LogP contribution in [0.15, 0.2) is 42.9 Å². The van der Waals surface area contributed by atoms with Gasteiger partial charge in [0.25, 0.3) is 0 Å². The first-order chi connectivity index (χ1) is 15.0. The van der Waals surface area contributed by atoms with Gasteiger partial charge in [0.2, 0.25) is 0 Å². The average Bonchev–Trinajstić information content (AvgIpc) is 3.32. The predicted octanol–water partition coefficient (Wildman–Crippen LogP) is 3.44. The number of halogens is 1. The largest absolute Gasteiger partial charge is 0.482 e. The van der Waals surface area contributed by atoms with Crippen LogP contribution in [0, 0.1) is 17.1 Å². The molecule has 0 saturated heterocycles. The number of anilines is 1. The Morgan fingerprint density at radius 2 is 2.13 bits per heavy atom. The smallest absolute Gasteiger partial charge is 0.166 e. The van der Waals surface area contributed by atoms with Crippen LogP contribution in [-0.2, 0) is 13.6 Å². The molecule has 0 fully saturated rings. The van der Waals surface area contributed by atoms with E-state index in [9.17, 15) is 9.65 Å². The second kappa shape index (κ2) is 6.95. The van der Waals surface area contributed by atoms with E-state index < -0.39 is 6.10 Å². The minimum atomic E-state index is -0.529. The van der Waals surface area contributed by atoms with Crippen molar-refractivity contribution in [3.05, 3.63) is 65.6 Å². The second-order valence-corrected chi connectivity index (χ2v) is 7.38. The second-order valence-electron chi connectivity index (χ2n) is 7.38. The number of hydrogen-bond donors (Lipinski definition) is 1. The van der Waals surface area contributed by atoms with Crippen molar-refractivity contribution < 1.29 is 9.13 Å². The maximum Gasteiger partial charge on any atom is 0.166 e. The number of nitrogens with two attached hydrogens (primary N) is 1. The molecule has 0 saturated carbocycles. The van der Waals surface area contributed by atoms with Crippen LogP contribution < -0.4 is 10.5 Å². The van der Waals surface area contributed by atoms with E-state index >= 15 is 0 Å². The minimum Gasteiger partial charge on any atom is -0.482 e. The molecule has 0 radical (unpaired) electrons. The van der Waals surface area contributed by atoms with Crippen molar-refractivity contribution in [1.29, 1.82) is 5.26 Å². The molecular formula is C22H18FN7O. The molecule has 9 heteroatoms. The third kappa shape index (κ3) is 3.00. The molecule has 0 amide bonds. The molecular weight excluding hydrogens is 397 g/mol. The van der Waals surface area contributed by atoms with Gasteiger partial charge in [-0.1, -0.05) is 0 Å². The molecule has 31 heavy (non-hydrogen) atoms. The Morgan fingerprint density at radius 1 is 1.29 bits per heavy atom. The molecule has 2 bridgehead atoms. The zero-order chi connectivity index (χ0) is 21.7. The van der Waals surface area contributed by atoms with Crippen LogP contribution in [-0.4, -0.2) is 24.3 Å². The van der Waals surface area contributed by atoms with Gasteiger partial charge >= 0.3 is 0 Å². The fourth-order valence-electron chi connectivity index (χ4n) is 3.98. The molecule has 4 aromatic rings. The van der Waals surface area contributed by atoms with E-state index in [2.05, 4.69) is 21.1 Å². The first kappa shape index (κ1) is 18.8. The van der Waals surface area contributed by atoms with Crippen LogP contribution in [0.1, 0.15) is 30.0 Å². The summed E-state index contributed by atoms with van der Waals surface area (Å²) in [5.74, 6) is 0.833. The average molecular weight is 415 g/mol. The minimum absolute atomic E-state index is 0.205. The number of pyridine rings is 1. The van der Waals surface area contributed by atoms with E-state index in [0.29, 0.717) is 46.2 Å². The molecule has 2 N–H and O–H groups in total. The van der Waals surface area contributed by atoms with Gasteiger partial charge in [0.1, 0.15) is 29.5 Å². The summed E-state index contributed by atoms with van der Waals surface area (Å²) in [5.41, 5.74) is 9.85. The maximum atomic E-state index is 14.1. The first-order valence-corrected chi connectivity index (χ1v) is 9.65. The van der Waals surface area contributed by atoms with E-state index in [4.69, 9.17) is 10.5 Å². The van der Waals surface area contributed by atoms with E-state index in [1.54, 1.807) is 36.3 Å². The van der Waals surface area contributed by atoms with Crippen molar-refractivity contribution in [2.24, 2.45) is 7.05 Å². The number of nitriles is 1. The molecule has 3 aromatic heterocycles. The molecule has 4 heterocycles. The fourth-order valence-corrected chi connectivity index (χ4v) is 3.98. The zero-order valence-corrected chi connectivity index (χ0v) is 16.9. The van der Waals surface area contributed by atoms with Gasteiger partial charge in [-0.25, -0.2) is 14.4 Å². The van der Waals surface area contributed by atoms with Gasteiger partial charge in [-0.15, -0.1) is 0 Å². The molecule has 5 rings (SSSR count). The topological polar surface area (TPSA) is 108 Å². The number of aromatic nitrogens is 5. The lowest BCUT2D eigenvalue weighted by Gasteiger charge is -2.21. The molecule has 154 valence electrons. The van der Waals surface area contributed by atoms with E-state index in [-0.39, 0.29) is 11.6 Å². The molecule has 8 nitrogen and oxygen atoms in total. The molecule has 0 spiro atoms. The van der Waals surface area contributed by atoms with Crippen LogP contribution in [0.4, 0.5) is 10.2 Å². The van der Waals surface area contributed by atoms with Crippen molar-refractivity contribution in [3.63, 3.8) is 0 Å². The van der Waals surface area contributed by atoms with Gasteiger partial charge in [0, 0.05) is 47.9 Å². The van der Waals surface area contributed by atoms with Crippen LogP contribution in [0.5, 0.6) is 5.75 Å². The molecule has 1 aromatic carbocycles. The van der Waals surface area contributed by atoms with E-state index in [1.165, 1.54) is 12.1 Å². The third-order valence-electron chi connectivity index (χ3n) is 5.43. The molecule has 1 aliphatic heterocycles. The van der Waals surface area contributed by atoms with Gasteiger partial charge in [-0.2, -0.15) is 10.4 Å². The van der Waals surface area contributed by atoms with Crippen LogP contribution in [0.25, 0.3) is 22.5 Å². The Bertz CT molecular complexity index is 1360. The molecule has 1 atom stereocenters. The standard InChI is InChI=1S/C22H18FN7O/c1-12-16-8-14(23)3-4-15(16)22-26-5-6-30(22)11-17-20(18(9-24)29(2)28-17)13-7-19(31-12)21(25)27-10-13/h3-8,10,12H,11H2,1-2H3,(H2,25,27). The van der Waals surface area contributed by atoms with Gasteiger partial charge in [-0.3, -0.25) is 4.68 Å².